The van der Waals surface area contributed by atoms with Gasteiger partial charge in [0.2, 0.25) is 0 Å². The Morgan fingerprint density at radius 1 is 1.39 bits per heavy atom. The number of hydrogen-bond acceptors (Lipinski definition) is 4. The fourth-order valence-corrected chi connectivity index (χ4v) is 1.27. The average molecular weight is 252 g/mol. The van der Waals surface area contributed by atoms with Crippen LogP contribution in [0.3, 0.4) is 0 Å². The van der Waals surface area contributed by atoms with E-state index < -0.39 is 17.8 Å². The fourth-order valence-electron chi connectivity index (χ4n) is 1.27. The van der Waals surface area contributed by atoms with Crippen LogP contribution in [0.15, 0.2) is 24.3 Å². The van der Waals surface area contributed by atoms with E-state index in [1.165, 1.54) is 31.4 Å². The van der Waals surface area contributed by atoms with Crippen LogP contribution in [0, 0.1) is 5.82 Å². The molecule has 0 aliphatic carbocycles. The van der Waals surface area contributed by atoms with Crippen molar-refractivity contribution >= 4 is 18.0 Å². The standard InChI is InChI=1S/C13H13FO4/c1-3-18-12(15)7-5-9-4-6-11(14)10(8-9)13(16)17-2/h4-8H,3H2,1-2H3. The Morgan fingerprint density at radius 2 is 2.11 bits per heavy atom. The second-order valence-electron chi connectivity index (χ2n) is 3.32. The first-order valence-electron chi connectivity index (χ1n) is 5.31. The SMILES string of the molecule is CCOC(=O)C=Cc1ccc(F)c(C(=O)OC)c1. The molecule has 18 heavy (non-hydrogen) atoms. The summed E-state index contributed by atoms with van der Waals surface area (Å²) in [5, 5.41) is 0. The molecule has 0 N–H and O–H groups in total. The molecule has 0 saturated heterocycles. The Hall–Kier alpha value is -2.17. The maximum absolute atomic E-state index is 13.3. The molecule has 0 heterocycles. The van der Waals surface area contributed by atoms with Crippen LogP contribution < -0.4 is 0 Å². The lowest BCUT2D eigenvalue weighted by molar-refractivity contribution is -0.137. The van der Waals surface area contributed by atoms with Crippen molar-refractivity contribution in [1.29, 1.82) is 0 Å². The van der Waals surface area contributed by atoms with Crippen LogP contribution in [0.4, 0.5) is 4.39 Å². The minimum Gasteiger partial charge on any atom is -0.465 e. The van der Waals surface area contributed by atoms with Crippen LogP contribution in [-0.4, -0.2) is 25.7 Å². The van der Waals surface area contributed by atoms with Gasteiger partial charge in [0.15, 0.2) is 0 Å². The van der Waals surface area contributed by atoms with E-state index >= 15 is 0 Å². The predicted molar refractivity (Wildman–Crippen MR) is 63.4 cm³/mol. The van der Waals surface area contributed by atoms with Crippen LogP contribution in [0.5, 0.6) is 0 Å². The molecule has 0 spiro atoms. The van der Waals surface area contributed by atoms with Gasteiger partial charge in [0.05, 0.1) is 19.3 Å². The molecular weight excluding hydrogens is 239 g/mol. The molecule has 0 aromatic heterocycles. The van der Waals surface area contributed by atoms with Crippen molar-refractivity contribution in [2.24, 2.45) is 0 Å². The lowest BCUT2D eigenvalue weighted by atomic mass is 10.1. The Morgan fingerprint density at radius 3 is 2.72 bits per heavy atom. The van der Waals surface area contributed by atoms with Gasteiger partial charge in [0.1, 0.15) is 5.82 Å². The molecule has 1 aromatic rings. The third-order valence-corrected chi connectivity index (χ3v) is 2.09. The normalized spacial score (nSPS) is 10.4. The zero-order valence-electron chi connectivity index (χ0n) is 10.1. The van der Waals surface area contributed by atoms with E-state index in [1.54, 1.807) is 6.92 Å². The summed E-state index contributed by atoms with van der Waals surface area (Å²) in [5.41, 5.74) is 0.327. The number of hydrogen-bond donors (Lipinski definition) is 0. The van der Waals surface area contributed by atoms with Gasteiger partial charge in [-0.25, -0.2) is 14.0 Å². The summed E-state index contributed by atoms with van der Waals surface area (Å²) in [6.07, 6.45) is 2.64. The largest absolute Gasteiger partial charge is 0.465 e. The van der Waals surface area contributed by atoms with Crippen LogP contribution in [0.1, 0.15) is 22.8 Å². The van der Waals surface area contributed by atoms with Crippen molar-refractivity contribution < 1.29 is 23.5 Å². The predicted octanol–water partition coefficient (Wildman–Crippen LogP) is 2.19. The third kappa shape index (κ3) is 3.69. The minimum absolute atomic E-state index is 0.177. The van der Waals surface area contributed by atoms with E-state index in [0.29, 0.717) is 5.56 Å². The average Bonchev–Trinajstić information content (AvgIpc) is 2.37. The second-order valence-corrected chi connectivity index (χ2v) is 3.32. The van der Waals surface area contributed by atoms with Crippen molar-refractivity contribution in [2.75, 3.05) is 13.7 Å². The first kappa shape index (κ1) is 13.9. The molecule has 4 nitrogen and oxygen atoms in total. The number of esters is 2. The zero-order valence-corrected chi connectivity index (χ0v) is 10.1. The van der Waals surface area contributed by atoms with Gasteiger partial charge in [0.25, 0.3) is 0 Å². The van der Waals surface area contributed by atoms with Crippen molar-refractivity contribution in [3.8, 4) is 0 Å². The maximum Gasteiger partial charge on any atom is 0.340 e. The molecule has 0 fully saturated rings. The lowest BCUT2D eigenvalue weighted by Gasteiger charge is -2.02. The van der Waals surface area contributed by atoms with E-state index in [2.05, 4.69) is 4.74 Å². The topological polar surface area (TPSA) is 52.6 Å². The Labute approximate surface area is 104 Å². The molecule has 0 bridgehead atoms. The van der Waals surface area contributed by atoms with Gasteiger partial charge in [-0.15, -0.1) is 0 Å². The number of rotatable bonds is 4. The van der Waals surface area contributed by atoms with Crippen LogP contribution >= 0.6 is 0 Å². The smallest absolute Gasteiger partial charge is 0.340 e. The molecule has 5 heteroatoms. The van der Waals surface area contributed by atoms with E-state index in [4.69, 9.17) is 4.74 Å². The maximum atomic E-state index is 13.3. The van der Waals surface area contributed by atoms with Crippen LogP contribution in [0.2, 0.25) is 0 Å². The summed E-state index contributed by atoms with van der Waals surface area (Å²) in [7, 11) is 1.17. The van der Waals surface area contributed by atoms with Gasteiger partial charge in [-0.2, -0.15) is 0 Å². The second kappa shape index (κ2) is 6.54. The molecule has 0 aliphatic rings. The first-order valence-corrected chi connectivity index (χ1v) is 5.31. The van der Waals surface area contributed by atoms with E-state index in [0.717, 1.165) is 6.07 Å². The Kier molecular flexibility index (Phi) is 5.05. The highest BCUT2D eigenvalue weighted by Gasteiger charge is 2.11. The monoisotopic (exact) mass is 252 g/mol. The number of benzene rings is 1. The van der Waals surface area contributed by atoms with Crippen molar-refractivity contribution in [1.82, 2.24) is 0 Å². The molecule has 1 rings (SSSR count). The molecular formula is C13H13FO4. The van der Waals surface area contributed by atoms with Crippen LogP contribution in [-0.2, 0) is 14.3 Å². The van der Waals surface area contributed by atoms with Gasteiger partial charge in [0, 0.05) is 6.08 Å². The van der Waals surface area contributed by atoms with Gasteiger partial charge in [-0.05, 0) is 30.7 Å². The molecule has 1 aromatic carbocycles. The molecule has 0 amide bonds. The van der Waals surface area contributed by atoms with Crippen molar-refractivity contribution in [3.05, 3.63) is 41.2 Å². The number of halogens is 1. The molecule has 0 aliphatic heterocycles. The number of carbonyl (C=O) groups is 2. The summed E-state index contributed by atoms with van der Waals surface area (Å²) < 4.78 is 22.4. The van der Waals surface area contributed by atoms with E-state index in [1.807, 2.05) is 0 Å². The minimum atomic E-state index is -0.765. The third-order valence-electron chi connectivity index (χ3n) is 2.09. The molecule has 0 unspecified atom stereocenters. The first-order chi connectivity index (χ1) is 8.58. The Balaban J connectivity index is 2.92. The molecule has 0 radical (unpaired) electrons. The van der Waals surface area contributed by atoms with Gasteiger partial charge in [-0.3, -0.25) is 0 Å². The summed E-state index contributed by atoms with van der Waals surface area (Å²) in [4.78, 5) is 22.3. The van der Waals surface area contributed by atoms with E-state index in [-0.39, 0.29) is 12.2 Å². The summed E-state index contributed by atoms with van der Waals surface area (Å²) in [6.45, 7) is 1.97. The Bertz CT molecular complexity index is 480. The zero-order chi connectivity index (χ0) is 13.5. The number of ether oxygens (including phenoxy) is 2. The molecule has 0 saturated carbocycles. The summed E-state index contributed by atoms with van der Waals surface area (Å²) in [6, 6.07) is 3.88. The van der Waals surface area contributed by atoms with Gasteiger partial charge in [-0.1, -0.05) is 6.07 Å². The molecule has 0 atom stereocenters. The molecule has 96 valence electrons. The fraction of sp³-hybridized carbons (Fsp3) is 0.231. The lowest BCUT2D eigenvalue weighted by Crippen LogP contribution is -2.04. The summed E-state index contributed by atoms with van der Waals surface area (Å²) >= 11 is 0. The van der Waals surface area contributed by atoms with E-state index in [9.17, 15) is 14.0 Å². The number of carbonyl (C=O) groups excluding carboxylic acids is 2. The van der Waals surface area contributed by atoms with Crippen LogP contribution in [0.25, 0.3) is 6.08 Å². The van der Waals surface area contributed by atoms with Gasteiger partial charge < -0.3 is 9.47 Å². The quantitative estimate of drug-likeness (QED) is 0.609. The highest BCUT2D eigenvalue weighted by atomic mass is 19.1. The highest BCUT2D eigenvalue weighted by molar-refractivity contribution is 5.91. The number of methoxy groups -OCH3 is 1. The highest BCUT2D eigenvalue weighted by Crippen LogP contribution is 2.13. The van der Waals surface area contributed by atoms with Crippen molar-refractivity contribution in [3.63, 3.8) is 0 Å². The van der Waals surface area contributed by atoms with Gasteiger partial charge >= 0.3 is 11.9 Å². The van der Waals surface area contributed by atoms with Crippen molar-refractivity contribution in [2.45, 2.75) is 6.92 Å². The summed E-state index contributed by atoms with van der Waals surface area (Å²) in [5.74, 6) is -1.93.